The molecule has 138 valence electrons. The first-order valence-corrected chi connectivity index (χ1v) is 10.4. The summed E-state index contributed by atoms with van der Waals surface area (Å²) in [5, 5.41) is 5.34. The lowest BCUT2D eigenvalue weighted by Gasteiger charge is -2.11. The summed E-state index contributed by atoms with van der Waals surface area (Å²) in [5.74, 6) is 0. The van der Waals surface area contributed by atoms with E-state index < -0.39 is 0 Å². The molecule has 3 aromatic carbocycles. The maximum absolute atomic E-state index is 4.05. The summed E-state index contributed by atoms with van der Waals surface area (Å²) < 4.78 is 2.56. The minimum absolute atomic E-state index is 1.09. The van der Waals surface area contributed by atoms with Gasteiger partial charge in [0, 0.05) is 28.2 Å². The van der Waals surface area contributed by atoms with Crippen LogP contribution in [0.3, 0.4) is 0 Å². The molecule has 0 fully saturated rings. The molecule has 0 aliphatic carbocycles. The van der Waals surface area contributed by atoms with E-state index in [1.807, 2.05) is 6.08 Å². The third-order valence-electron chi connectivity index (χ3n) is 5.76. The number of aryl methyl sites for hydroxylation is 1. The van der Waals surface area contributed by atoms with Crippen molar-refractivity contribution in [3.63, 3.8) is 0 Å². The largest absolute Gasteiger partial charge is 0.340 e. The van der Waals surface area contributed by atoms with Crippen molar-refractivity contribution in [2.24, 2.45) is 0 Å². The number of hydrogen-bond acceptors (Lipinski definition) is 0. The highest BCUT2D eigenvalue weighted by Crippen LogP contribution is 2.36. The molecule has 0 aliphatic rings. The van der Waals surface area contributed by atoms with Gasteiger partial charge in [-0.25, -0.2) is 0 Å². The number of nitrogens with zero attached hydrogens (tertiary/aromatic N) is 1. The molecule has 1 heteroatoms. The topological polar surface area (TPSA) is 4.93 Å². The Bertz CT molecular complexity index is 1080. The Morgan fingerprint density at radius 1 is 0.778 bits per heavy atom. The molecule has 1 nitrogen and oxygen atoms in total. The van der Waals surface area contributed by atoms with Gasteiger partial charge in [-0.1, -0.05) is 94.1 Å². The Hall–Kier alpha value is -2.54. The zero-order valence-electron chi connectivity index (χ0n) is 16.4. The highest BCUT2D eigenvalue weighted by atomic mass is 15.0. The highest BCUT2D eigenvalue weighted by Gasteiger charge is 2.14. The standard InChI is InChI=1S/C26H29N/c1-3-5-6-7-8-13-18-27-25-17-12-11-15-22(25)24-19-20(4-2)21-14-9-10-16-23(21)26(24)27/h4,9-12,14-17,19H,2-3,5-8,13,18H2,1H3. The number of hydrogen-bond donors (Lipinski definition) is 0. The van der Waals surface area contributed by atoms with E-state index in [1.54, 1.807) is 0 Å². The number of unbranched alkanes of at least 4 members (excludes halogenated alkanes) is 5. The number of fused-ring (bicyclic) bond motifs is 5. The van der Waals surface area contributed by atoms with E-state index >= 15 is 0 Å². The molecule has 0 amide bonds. The first-order chi connectivity index (χ1) is 13.3. The average molecular weight is 356 g/mol. The van der Waals surface area contributed by atoms with Gasteiger partial charge in [0.25, 0.3) is 0 Å². The third-order valence-corrected chi connectivity index (χ3v) is 5.76. The Kier molecular flexibility index (Phi) is 5.29. The van der Waals surface area contributed by atoms with Crippen molar-refractivity contribution in [2.75, 3.05) is 0 Å². The molecule has 1 aromatic heterocycles. The first-order valence-electron chi connectivity index (χ1n) is 10.4. The van der Waals surface area contributed by atoms with Gasteiger partial charge in [-0.15, -0.1) is 0 Å². The van der Waals surface area contributed by atoms with Crippen molar-refractivity contribution in [1.82, 2.24) is 4.57 Å². The normalized spacial score (nSPS) is 11.6. The van der Waals surface area contributed by atoms with Crippen LogP contribution in [0.15, 0.2) is 61.2 Å². The Morgan fingerprint density at radius 2 is 1.44 bits per heavy atom. The molecule has 1 heterocycles. The van der Waals surface area contributed by atoms with Crippen molar-refractivity contribution < 1.29 is 0 Å². The second-order valence-corrected chi connectivity index (χ2v) is 7.55. The molecule has 0 bridgehead atoms. The van der Waals surface area contributed by atoms with E-state index in [9.17, 15) is 0 Å². The Labute approximate surface area is 162 Å². The summed E-state index contributed by atoms with van der Waals surface area (Å²) in [4.78, 5) is 0. The first kappa shape index (κ1) is 17.9. The maximum Gasteiger partial charge on any atom is 0.0571 e. The summed E-state index contributed by atoms with van der Waals surface area (Å²) in [6, 6.07) is 19.9. The molecular formula is C26H29N. The van der Waals surface area contributed by atoms with Crippen LogP contribution in [0.2, 0.25) is 0 Å². The number of para-hydroxylation sites is 1. The van der Waals surface area contributed by atoms with Gasteiger partial charge in [-0.05, 0) is 29.5 Å². The van der Waals surface area contributed by atoms with Crippen LogP contribution in [-0.4, -0.2) is 4.57 Å². The average Bonchev–Trinajstić information content (AvgIpc) is 3.04. The van der Waals surface area contributed by atoms with Gasteiger partial charge in [-0.3, -0.25) is 0 Å². The molecular weight excluding hydrogens is 326 g/mol. The lowest BCUT2D eigenvalue weighted by Crippen LogP contribution is -1.98. The van der Waals surface area contributed by atoms with Crippen LogP contribution in [0.5, 0.6) is 0 Å². The minimum Gasteiger partial charge on any atom is -0.340 e. The van der Waals surface area contributed by atoms with Gasteiger partial charge in [0.15, 0.2) is 0 Å². The lowest BCUT2D eigenvalue weighted by atomic mass is 10.00. The van der Waals surface area contributed by atoms with Crippen LogP contribution < -0.4 is 0 Å². The smallest absolute Gasteiger partial charge is 0.0571 e. The Balaban J connectivity index is 1.83. The molecule has 4 aromatic rings. The molecule has 0 unspecified atom stereocenters. The second kappa shape index (κ2) is 8.00. The van der Waals surface area contributed by atoms with E-state index in [2.05, 4.69) is 72.7 Å². The quantitative estimate of drug-likeness (QED) is 0.283. The van der Waals surface area contributed by atoms with Gasteiger partial charge < -0.3 is 4.57 Å². The third kappa shape index (κ3) is 3.27. The van der Waals surface area contributed by atoms with Crippen molar-refractivity contribution in [3.05, 3.63) is 66.7 Å². The molecule has 4 rings (SSSR count). The Morgan fingerprint density at radius 3 is 2.22 bits per heavy atom. The van der Waals surface area contributed by atoms with Gasteiger partial charge in [-0.2, -0.15) is 0 Å². The molecule has 0 spiro atoms. The molecule has 0 radical (unpaired) electrons. The van der Waals surface area contributed by atoms with Gasteiger partial charge in [0.2, 0.25) is 0 Å². The maximum atomic E-state index is 4.05. The predicted molar refractivity (Wildman–Crippen MR) is 120 cm³/mol. The van der Waals surface area contributed by atoms with Crippen molar-refractivity contribution in [2.45, 2.75) is 52.0 Å². The zero-order valence-corrected chi connectivity index (χ0v) is 16.4. The van der Waals surface area contributed by atoms with Crippen molar-refractivity contribution >= 4 is 38.7 Å². The van der Waals surface area contributed by atoms with E-state index in [4.69, 9.17) is 0 Å². The minimum atomic E-state index is 1.09. The molecule has 0 saturated heterocycles. The van der Waals surface area contributed by atoms with Gasteiger partial charge in [0.05, 0.1) is 5.52 Å². The van der Waals surface area contributed by atoms with Crippen LogP contribution in [0, 0.1) is 0 Å². The van der Waals surface area contributed by atoms with E-state index in [0.717, 1.165) is 6.54 Å². The fourth-order valence-corrected chi connectivity index (χ4v) is 4.39. The van der Waals surface area contributed by atoms with Crippen molar-refractivity contribution in [1.29, 1.82) is 0 Å². The van der Waals surface area contributed by atoms with E-state index in [1.165, 1.54) is 76.7 Å². The number of aromatic nitrogens is 1. The summed E-state index contributed by atoms with van der Waals surface area (Å²) >= 11 is 0. The van der Waals surface area contributed by atoms with Crippen LogP contribution in [0.25, 0.3) is 38.7 Å². The van der Waals surface area contributed by atoms with Crippen LogP contribution >= 0.6 is 0 Å². The fourth-order valence-electron chi connectivity index (χ4n) is 4.39. The molecule has 0 saturated carbocycles. The summed E-state index contributed by atoms with van der Waals surface area (Å²) in [6.45, 7) is 7.42. The molecule has 0 N–H and O–H groups in total. The summed E-state index contributed by atoms with van der Waals surface area (Å²) in [6.07, 6.45) is 9.95. The lowest BCUT2D eigenvalue weighted by molar-refractivity contribution is 0.571. The zero-order chi connectivity index (χ0) is 18.6. The van der Waals surface area contributed by atoms with Crippen LogP contribution in [0.1, 0.15) is 51.0 Å². The molecule has 0 atom stereocenters. The molecule has 27 heavy (non-hydrogen) atoms. The second-order valence-electron chi connectivity index (χ2n) is 7.55. The summed E-state index contributed by atoms with van der Waals surface area (Å²) in [7, 11) is 0. The van der Waals surface area contributed by atoms with Crippen LogP contribution in [0.4, 0.5) is 0 Å². The van der Waals surface area contributed by atoms with E-state index in [-0.39, 0.29) is 0 Å². The number of rotatable bonds is 8. The highest BCUT2D eigenvalue weighted by molar-refractivity contribution is 6.19. The predicted octanol–water partition coefficient (Wildman–Crippen LogP) is 7.95. The monoisotopic (exact) mass is 355 g/mol. The van der Waals surface area contributed by atoms with Crippen molar-refractivity contribution in [3.8, 4) is 0 Å². The van der Waals surface area contributed by atoms with Gasteiger partial charge >= 0.3 is 0 Å². The fraction of sp³-hybridized carbons (Fsp3) is 0.308. The van der Waals surface area contributed by atoms with Gasteiger partial charge in [0.1, 0.15) is 0 Å². The molecule has 0 aliphatic heterocycles. The number of benzene rings is 3. The van der Waals surface area contributed by atoms with Crippen LogP contribution in [-0.2, 0) is 6.54 Å². The summed E-state index contributed by atoms with van der Waals surface area (Å²) in [5.41, 5.74) is 3.96. The van der Waals surface area contributed by atoms with E-state index in [0.29, 0.717) is 0 Å². The SMILES string of the molecule is C=Cc1cc2c3ccccc3n(CCCCCCCC)c2c2ccccc12.